The van der Waals surface area contributed by atoms with Crippen molar-refractivity contribution in [3.63, 3.8) is 0 Å². The predicted octanol–water partition coefficient (Wildman–Crippen LogP) is 1.39. The summed E-state index contributed by atoms with van der Waals surface area (Å²) in [6, 6.07) is 9.20. The normalized spacial score (nSPS) is 14.2. The van der Waals surface area contributed by atoms with Gasteiger partial charge in [0, 0.05) is 6.04 Å². The Morgan fingerprint density at radius 3 is 2.48 bits per heavy atom. The number of amides is 2. The first-order chi connectivity index (χ1) is 11.1. The van der Waals surface area contributed by atoms with Crippen LogP contribution >= 0.6 is 0 Å². The van der Waals surface area contributed by atoms with Crippen molar-refractivity contribution >= 4 is 11.8 Å². The Bertz CT molecular complexity index is 586. The van der Waals surface area contributed by atoms with Gasteiger partial charge in [-0.3, -0.25) is 9.59 Å². The Morgan fingerprint density at radius 1 is 1.26 bits per heavy atom. The van der Waals surface area contributed by atoms with E-state index in [1.54, 1.807) is 29.2 Å². The summed E-state index contributed by atoms with van der Waals surface area (Å²) in [7, 11) is 0. The lowest BCUT2D eigenvalue weighted by Gasteiger charge is -2.27. The first-order valence-electron chi connectivity index (χ1n) is 7.76. The molecule has 1 fully saturated rings. The average Bonchev–Trinajstić information content (AvgIpc) is 3.06. The third-order valence-corrected chi connectivity index (χ3v) is 3.98. The van der Waals surface area contributed by atoms with Crippen LogP contribution in [0.1, 0.15) is 31.2 Å². The smallest absolute Gasteiger partial charge is 0.261 e. The van der Waals surface area contributed by atoms with E-state index in [9.17, 15) is 9.59 Å². The molecule has 2 amide bonds. The standard InChI is InChI=1S/C17H21N3O3/c18-10-9-13-5-7-15(8-6-13)23-12-17(22)20(11-16(19)21)14-3-1-2-4-14/h5-8,14H,1-4,9,11-12H2,(H2,19,21). The maximum atomic E-state index is 12.4. The van der Waals surface area contributed by atoms with E-state index in [1.807, 2.05) is 0 Å². The molecular weight excluding hydrogens is 294 g/mol. The minimum atomic E-state index is -0.508. The van der Waals surface area contributed by atoms with Crippen LogP contribution in [0.25, 0.3) is 0 Å². The van der Waals surface area contributed by atoms with E-state index in [1.165, 1.54) is 0 Å². The summed E-state index contributed by atoms with van der Waals surface area (Å²) in [5.41, 5.74) is 6.15. The quantitative estimate of drug-likeness (QED) is 0.822. The Hall–Kier alpha value is -2.55. The summed E-state index contributed by atoms with van der Waals surface area (Å²) >= 11 is 0. The molecule has 1 aliphatic carbocycles. The molecule has 6 heteroatoms. The van der Waals surface area contributed by atoms with Gasteiger partial charge in [0.1, 0.15) is 5.75 Å². The number of hydrogen-bond donors (Lipinski definition) is 1. The highest BCUT2D eigenvalue weighted by molar-refractivity contribution is 5.84. The number of benzene rings is 1. The van der Waals surface area contributed by atoms with Crippen molar-refractivity contribution in [2.24, 2.45) is 5.73 Å². The van der Waals surface area contributed by atoms with Gasteiger partial charge in [-0.05, 0) is 30.5 Å². The fourth-order valence-electron chi connectivity index (χ4n) is 2.83. The summed E-state index contributed by atoms with van der Waals surface area (Å²) < 4.78 is 5.50. The van der Waals surface area contributed by atoms with E-state index in [-0.39, 0.29) is 25.1 Å². The lowest BCUT2D eigenvalue weighted by molar-refractivity contribution is -0.139. The van der Waals surface area contributed by atoms with Crippen LogP contribution in [0.15, 0.2) is 24.3 Å². The van der Waals surface area contributed by atoms with Crippen molar-refractivity contribution in [3.8, 4) is 11.8 Å². The highest BCUT2D eigenvalue weighted by Crippen LogP contribution is 2.23. The zero-order valence-electron chi connectivity index (χ0n) is 13.0. The number of ether oxygens (including phenoxy) is 1. The summed E-state index contributed by atoms with van der Waals surface area (Å²) in [5, 5.41) is 8.63. The number of rotatable bonds is 7. The number of nitrogens with two attached hydrogens (primary N) is 1. The molecule has 0 radical (unpaired) electrons. The highest BCUT2D eigenvalue weighted by atomic mass is 16.5. The third-order valence-electron chi connectivity index (χ3n) is 3.98. The van der Waals surface area contributed by atoms with Crippen LogP contribution in [-0.2, 0) is 16.0 Å². The second-order valence-electron chi connectivity index (χ2n) is 5.69. The van der Waals surface area contributed by atoms with E-state index in [2.05, 4.69) is 6.07 Å². The van der Waals surface area contributed by atoms with Crippen LogP contribution < -0.4 is 10.5 Å². The second-order valence-corrected chi connectivity index (χ2v) is 5.69. The third kappa shape index (κ3) is 4.99. The molecule has 0 saturated heterocycles. The van der Waals surface area contributed by atoms with Gasteiger partial charge in [-0.2, -0.15) is 5.26 Å². The monoisotopic (exact) mass is 315 g/mol. The fourth-order valence-corrected chi connectivity index (χ4v) is 2.83. The molecule has 6 nitrogen and oxygen atoms in total. The van der Waals surface area contributed by atoms with Gasteiger partial charge in [0.25, 0.3) is 5.91 Å². The van der Waals surface area contributed by atoms with Gasteiger partial charge in [-0.15, -0.1) is 0 Å². The van der Waals surface area contributed by atoms with E-state index in [0.717, 1.165) is 31.2 Å². The maximum absolute atomic E-state index is 12.4. The summed E-state index contributed by atoms with van der Waals surface area (Å²) in [6.07, 6.45) is 4.28. The maximum Gasteiger partial charge on any atom is 0.261 e. The second kappa shape index (κ2) is 8.18. The van der Waals surface area contributed by atoms with Crippen LogP contribution in [0, 0.1) is 11.3 Å². The van der Waals surface area contributed by atoms with Crippen molar-refractivity contribution in [1.82, 2.24) is 4.90 Å². The number of hydrogen-bond acceptors (Lipinski definition) is 4. The fraction of sp³-hybridized carbons (Fsp3) is 0.471. The molecule has 2 rings (SSSR count). The van der Waals surface area contributed by atoms with Gasteiger partial charge in [0.05, 0.1) is 19.0 Å². The van der Waals surface area contributed by atoms with Gasteiger partial charge in [0.2, 0.25) is 5.91 Å². The van der Waals surface area contributed by atoms with Crippen molar-refractivity contribution < 1.29 is 14.3 Å². The first kappa shape index (κ1) is 16.8. The molecule has 23 heavy (non-hydrogen) atoms. The molecule has 0 atom stereocenters. The number of primary amides is 1. The van der Waals surface area contributed by atoms with Crippen LogP contribution in [0.4, 0.5) is 0 Å². The van der Waals surface area contributed by atoms with Crippen LogP contribution in [-0.4, -0.2) is 35.9 Å². The van der Waals surface area contributed by atoms with E-state index in [4.69, 9.17) is 15.7 Å². The molecule has 0 heterocycles. The Balaban J connectivity index is 1.92. The Labute approximate surface area is 135 Å². The molecule has 0 unspecified atom stereocenters. The van der Waals surface area contributed by atoms with Crippen LogP contribution in [0.2, 0.25) is 0 Å². The number of carbonyl (C=O) groups excluding carboxylic acids is 2. The Morgan fingerprint density at radius 2 is 1.91 bits per heavy atom. The molecule has 1 aromatic rings. The molecule has 1 aromatic carbocycles. The average molecular weight is 315 g/mol. The molecular formula is C17H21N3O3. The van der Waals surface area contributed by atoms with Crippen molar-refractivity contribution in [2.75, 3.05) is 13.2 Å². The van der Waals surface area contributed by atoms with Gasteiger partial charge in [0.15, 0.2) is 6.61 Å². The molecule has 2 N–H and O–H groups in total. The minimum absolute atomic E-state index is 0.0615. The largest absolute Gasteiger partial charge is 0.484 e. The lowest BCUT2D eigenvalue weighted by Crippen LogP contribution is -2.46. The lowest BCUT2D eigenvalue weighted by atomic mass is 10.2. The number of nitrogens with zero attached hydrogens (tertiary/aromatic N) is 2. The molecule has 1 saturated carbocycles. The molecule has 0 spiro atoms. The zero-order chi connectivity index (χ0) is 16.7. The summed E-state index contributed by atoms with van der Waals surface area (Å²) in [6.45, 7) is -0.185. The van der Waals surface area contributed by atoms with Gasteiger partial charge >= 0.3 is 0 Å². The van der Waals surface area contributed by atoms with Crippen molar-refractivity contribution in [1.29, 1.82) is 5.26 Å². The SMILES string of the molecule is N#CCc1ccc(OCC(=O)N(CC(N)=O)C2CCCC2)cc1. The van der Waals surface area contributed by atoms with Gasteiger partial charge in [-0.25, -0.2) is 0 Å². The minimum Gasteiger partial charge on any atom is -0.484 e. The van der Waals surface area contributed by atoms with Gasteiger partial charge in [-0.1, -0.05) is 25.0 Å². The predicted molar refractivity (Wildman–Crippen MR) is 84.4 cm³/mol. The molecule has 0 aromatic heterocycles. The molecule has 1 aliphatic rings. The van der Waals surface area contributed by atoms with E-state index in [0.29, 0.717) is 12.2 Å². The van der Waals surface area contributed by atoms with Crippen LogP contribution in [0.3, 0.4) is 0 Å². The molecule has 0 bridgehead atoms. The van der Waals surface area contributed by atoms with Crippen molar-refractivity contribution in [3.05, 3.63) is 29.8 Å². The summed E-state index contributed by atoms with van der Waals surface area (Å²) in [4.78, 5) is 25.1. The van der Waals surface area contributed by atoms with Crippen molar-refractivity contribution in [2.45, 2.75) is 38.1 Å². The topological polar surface area (TPSA) is 96.4 Å². The highest BCUT2D eigenvalue weighted by Gasteiger charge is 2.27. The first-order valence-corrected chi connectivity index (χ1v) is 7.76. The number of carbonyl (C=O) groups is 2. The van der Waals surface area contributed by atoms with Gasteiger partial charge < -0.3 is 15.4 Å². The van der Waals surface area contributed by atoms with Crippen LogP contribution in [0.5, 0.6) is 5.75 Å². The zero-order valence-corrected chi connectivity index (χ0v) is 13.0. The Kier molecular flexibility index (Phi) is 5.98. The van der Waals surface area contributed by atoms with E-state index >= 15 is 0 Å². The molecule has 0 aliphatic heterocycles. The summed E-state index contributed by atoms with van der Waals surface area (Å²) in [5.74, 6) is -0.173. The van der Waals surface area contributed by atoms with E-state index < -0.39 is 5.91 Å². The molecule has 122 valence electrons. The number of nitriles is 1.